The number of guanidine groups is 1. The minimum absolute atomic E-state index is 0. The molecular weight excluding hydrogens is 433 g/mol. The SMILES string of the molecule is Cc1ccc(CN=C(N)N2CCSCC2)c(OC2CCCC2)c1.I. The Morgan fingerprint density at radius 3 is 2.71 bits per heavy atom. The number of nitrogens with two attached hydrogens (primary N) is 1. The minimum Gasteiger partial charge on any atom is -0.490 e. The number of aliphatic imine (C=N–C) groups is 1. The maximum absolute atomic E-state index is 6.24. The fourth-order valence-electron chi connectivity index (χ4n) is 3.15. The fourth-order valence-corrected chi connectivity index (χ4v) is 4.05. The van der Waals surface area contributed by atoms with Gasteiger partial charge in [0.05, 0.1) is 12.6 Å². The molecule has 4 nitrogen and oxygen atoms in total. The Morgan fingerprint density at radius 1 is 1.29 bits per heavy atom. The Labute approximate surface area is 166 Å². The van der Waals surface area contributed by atoms with Crippen molar-refractivity contribution in [2.24, 2.45) is 10.7 Å². The lowest BCUT2D eigenvalue weighted by molar-refractivity contribution is 0.208. The molecule has 1 heterocycles. The van der Waals surface area contributed by atoms with Crippen LogP contribution >= 0.6 is 35.7 Å². The van der Waals surface area contributed by atoms with Gasteiger partial charge in [0.25, 0.3) is 0 Å². The molecule has 0 amide bonds. The van der Waals surface area contributed by atoms with Crippen LogP contribution in [0.15, 0.2) is 23.2 Å². The van der Waals surface area contributed by atoms with Crippen LogP contribution in [0.5, 0.6) is 5.75 Å². The van der Waals surface area contributed by atoms with E-state index in [2.05, 4.69) is 35.0 Å². The zero-order chi connectivity index (χ0) is 16.1. The lowest BCUT2D eigenvalue weighted by atomic mass is 10.1. The van der Waals surface area contributed by atoms with Crippen molar-refractivity contribution in [2.75, 3.05) is 24.6 Å². The van der Waals surface area contributed by atoms with Crippen LogP contribution in [0.25, 0.3) is 0 Å². The van der Waals surface area contributed by atoms with Crippen LogP contribution in [-0.2, 0) is 6.54 Å². The van der Waals surface area contributed by atoms with E-state index in [0.29, 0.717) is 18.6 Å². The molecule has 0 radical (unpaired) electrons. The topological polar surface area (TPSA) is 50.8 Å². The molecular formula is C18H28IN3OS. The Bertz CT molecular complexity index is 555. The van der Waals surface area contributed by atoms with Gasteiger partial charge >= 0.3 is 0 Å². The van der Waals surface area contributed by atoms with Crippen molar-refractivity contribution in [1.29, 1.82) is 0 Å². The maximum atomic E-state index is 6.24. The van der Waals surface area contributed by atoms with Gasteiger partial charge in [0, 0.05) is 30.2 Å². The van der Waals surface area contributed by atoms with E-state index in [9.17, 15) is 0 Å². The first-order valence-corrected chi connectivity index (χ1v) is 9.76. The van der Waals surface area contributed by atoms with Gasteiger partial charge in [-0.3, -0.25) is 0 Å². The van der Waals surface area contributed by atoms with Crippen molar-refractivity contribution < 1.29 is 4.74 Å². The lowest BCUT2D eigenvalue weighted by Crippen LogP contribution is -2.42. The largest absolute Gasteiger partial charge is 0.490 e. The Balaban J connectivity index is 0.00000208. The predicted molar refractivity (Wildman–Crippen MR) is 114 cm³/mol. The van der Waals surface area contributed by atoms with Crippen molar-refractivity contribution >= 4 is 41.7 Å². The summed E-state index contributed by atoms with van der Waals surface area (Å²) < 4.78 is 6.24. The maximum Gasteiger partial charge on any atom is 0.191 e. The highest BCUT2D eigenvalue weighted by atomic mass is 127. The predicted octanol–water partition coefficient (Wildman–Crippen LogP) is 3.80. The van der Waals surface area contributed by atoms with Gasteiger partial charge in [-0.25, -0.2) is 4.99 Å². The van der Waals surface area contributed by atoms with E-state index < -0.39 is 0 Å². The van der Waals surface area contributed by atoms with E-state index in [1.165, 1.54) is 31.2 Å². The third kappa shape index (κ3) is 5.44. The van der Waals surface area contributed by atoms with Crippen LogP contribution in [0.3, 0.4) is 0 Å². The van der Waals surface area contributed by atoms with Gasteiger partial charge in [-0.2, -0.15) is 11.8 Å². The molecule has 2 N–H and O–H groups in total. The second-order valence-corrected chi connectivity index (χ2v) is 7.63. The quantitative estimate of drug-likeness (QED) is 0.421. The van der Waals surface area contributed by atoms with Crippen LogP contribution in [0.2, 0.25) is 0 Å². The molecule has 6 heteroatoms. The van der Waals surface area contributed by atoms with Crippen LogP contribution in [-0.4, -0.2) is 41.6 Å². The van der Waals surface area contributed by atoms with Gasteiger partial charge in [-0.1, -0.05) is 12.1 Å². The lowest BCUT2D eigenvalue weighted by Gasteiger charge is -2.27. The molecule has 24 heavy (non-hydrogen) atoms. The van der Waals surface area contributed by atoms with Crippen LogP contribution < -0.4 is 10.5 Å². The average Bonchev–Trinajstić information content (AvgIpc) is 3.08. The molecule has 1 saturated heterocycles. The first-order valence-electron chi connectivity index (χ1n) is 8.61. The highest BCUT2D eigenvalue weighted by Gasteiger charge is 2.18. The number of benzene rings is 1. The van der Waals surface area contributed by atoms with Crippen molar-refractivity contribution in [3.05, 3.63) is 29.3 Å². The standard InChI is InChI=1S/C18H27N3OS.HI/c1-14-6-7-15(17(12-14)22-16-4-2-3-5-16)13-20-18(19)21-8-10-23-11-9-21;/h6-7,12,16H,2-5,8-11,13H2,1H3,(H2,19,20);1H. The van der Waals surface area contributed by atoms with Crippen LogP contribution in [0, 0.1) is 6.92 Å². The molecule has 3 rings (SSSR count). The summed E-state index contributed by atoms with van der Waals surface area (Å²) >= 11 is 1.98. The second-order valence-electron chi connectivity index (χ2n) is 6.41. The van der Waals surface area contributed by atoms with Gasteiger partial charge in [-0.15, -0.1) is 24.0 Å². The van der Waals surface area contributed by atoms with Gasteiger partial charge in [0.2, 0.25) is 0 Å². The molecule has 134 valence electrons. The van der Waals surface area contributed by atoms with E-state index in [-0.39, 0.29) is 24.0 Å². The number of thioether (sulfide) groups is 1. The van der Waals surface area contributed by atoms with Crippen molar-refractivity contribution in [3.8, 4) is 5.75 Å². The van der Waals surface area contributed by atoms with E-state index in [4.69, 9.17) is 10.5 Å². The van der Waals surface area contributed by atoms with Gasteiger partial charge in [0.15, 0.2) is 5.96 Å². The normalized spacial score (nSPS) is 19.2. The molecule has 1 aromatic carbocycles. The summed E-state index contributed by atoms with van der Waals surface area (Å²) in [7, 11) is 0. The number of hydrogen-bond donors (Lipinski definition) is 1. The third-order valence-electron chi connectivity index (χ3n) is 4.56. The number of nitrogens with zero attached hydrogens (tertiary/aromatic N) is 2. The summed E-state index contributed by atoms with van der Waals surface area (Å²) in [5.74, 6) is 3.92. The number of rotatable bonds is 4. The van der Waals surface area contributed by atoms with Gasteiger partial charge < -0.3 is 15.4 Å². The monoisotopic (exact) mass is 461 g/mol. The highest BCUT2D eigenvalue weighted by Crippen LogP contribution is 2.28. The van der Waals surface area contributed by atoms with Crippen molar-refractivity contribution in [2.45, 2.75) is 45.3 Å². The van der Waals surface area contributed by atoms with Crippen LogP contribution in [0.1, 0.15) is 36.8 Å². The first-order chi connectivity index (χ1) is 11.2. The molecule has 0 spiro atoms. The molecule has 1 aliphatic carbocycles. The van der Waals surface area contributed by atoms with Gasteiger partial charge in [0.1, 0.15) is 5.75 Å². The summed E-state index contributed by atoms with van der Waals surface area (Å²) in [6.07, 6.45) is 5.28. The molecule has 0 bridgehead atoms. The summed E-state index contributed by atoms with van der Waals surface area (Å²) in [5.41, 5.74) is 8.53. The average molecular weight is 461 g/mol. The van der Waals surface area contributed by atoms with Crippen molar-refractivity contribution in [1.82, 2.24) is 4.90 Å². The molecule has 1 saturated carbocycles. The Kier molecular flexibility index (Phi) is 8.00. The molecule has 1 aromatic rings. The van der Waals surface area contributed by atoms with E-state index in [1.807, 2.05) is 11.8 Å². The van der Waals surface area contributed by atoms with E-state index in [0.717, 1.165) is 35.9 Å². The Morgan fingerprint density at radius 2 is 2.00 bits per heavy atom. The third-order valence-corrected chi connectivity index (χ3v) is 5.51. The number of halogens is 1. The fraction of sp³-hybridized carbons (Fsp3) is 0.611. The minimum atomic E-state index is 0. The summed E-state index contributed by atoms with van der Waals surface area (Å²) in [4.78, 5) is 6.80. The summed E-state index contributed by atoms with van der Waals surface area (Å²) in [5, 5.41) is 0. The van der Waals surface area contributed by atoms with E-state index in [1.54, 1.807) is 0 Å². The molecule has 1 aliphatic heterocycles. The molecule has 0 unspecified atom stereocenters. The molecule has 0 aromatic heterocycles. The smallest absolute Gasteiger partial charge is 0.191 e. The number of aryl methyl sites for hydroxylation is 1. The van der Waals surface area contributed by atoms with Gasteiger partial charge in [-0.05, 0) is 44.2 Å². The number of ether oxygens (including phenoxy) is 1. The van der Waals surface area contributed by atoms with Crippen molar-refractivity contribution in [3.63, 3.8) is 0 Å². The summed E-state index contributed by atoms with van der Waals surface area (Å²) in [6, 6.07) is 6.39. The highest BCUT2D eigenvalue weighted by molar-refractivity contribution is 14.0. The van der Waals surface area contributed by atoms with E-state index >= 15 is 0 Å². The summed E-state index contributed by atoms with van der Waals surface area (Å²) in [6.45, 7) is 4.70. The van der Waals surface area contributed by atoms with Crippen LogP contribution in [0.4, 0.5) is 0 Å². The zero-order valence-corrected chi connectivity index (χ0v) is 17.5. The zero-order valence-electron chi connectivity index (χ0n) is 14.4. The second kappa shape index (κ2) is 9.75. The first kappa shape index (κ1) is 19.7. The molecule has 2 aliphatic rings. The molecule has 0 atom stereocenters. The molecule has 2 fully saturated rings. The Hall–Kier alpha value is -0.630. The number of hydrogen-bond acceptors (Lipinski definition) is 3.